The summed E-state index contributed by atoms with van der Waals surface area (Å²) in [5.74, 6) is 0. The first-order valence-corrected chi connectivity index (χ1v) is 6.44. The summed E-state index contributed by atoms with van der Waals surface area (Å²) in [4.78, 5) is 0. The summed E-state index contributed by atoms with van der Waals surface area (Å²) in [5.41, 5.74) is 1.24. The maximum absolute atomic E-state index is 5.99. The molecule has 2 aliphatic rings. The van der Waals surface area contributed by atoms with Crippen LogP contribution in [0.1, 0.15) is 18.4 Å². The molecular formula is C14H19NO2. The van der Waals surface area contributed by atoms with Gasteiger partial charge < -0.3 is 14.8 Å². The van der Waals surface area contributed by atoms with Crippen LogP contribution in [0.5, 0.6) is 0 Å². The molecule has 1 saturated heterocycles. The molecule has 0 aromatic heterocycles. The van der Waals surface area contributed by atoms with Crippen LogP contribution >= 0.6 is 0 Å². The van der Waals surface area contributed by atoms with Crippen molar-refractivity contribution in [3.63, 3.8) is 0 Å². The zero-order chi connectivity index (χ0) is 11.5. The minimum Gasteiger partial charge on any atom is -0.373 e. The number of hydrogen-bond acceptors (Lipinski definition) is 3. The van der Waals surface area contributed by atoms with E-state index in [4.69, 9.17) is 9.47 Å². The van der Waals surface area contributed by atoms with Gasteiger partial charge in [0.25, 0.3) is 0 Å². The van der Waals surface area contributed by atoms with E-state index in [1.165, 1.54) is 12.0 Å². The van der Waals surface area contributed by atoms with Gasteiger partial charge in [-0.05, 0) is 18.4 Å². The second-order valence-corrected chi connectivity index (χ2v) is 4.81. The van der Waals surface area contributed by atoms with E-state index in [9.17, 15) is 0 Å². The van der Waals surface area contributed by atoms with Gasteiger partial charge in [-0.3, -0.25) is 0 Å². The molecule has 3 nitrogen and oxygen atoms in total. The highest BCUT2D eigenvalue weighted by Gasteiger charge is 2.39. The molecule has 0 radical (unpaired) electrons. The second-order valence-electron chi connectivity index (χ2n) is 4.81. The summed E-state index contributed by atoms with van der Waals surface area (Å²) < 4.78 is 11.8. The summed E-state index contributed by atoms with van der Waals surface area (Å²) in [6, 6.07) is 10.8. The molecule has 1 aliphatic carbocycles. The third kappa shape index (κ3) is 2.51. The van der Waals surface area contributed by atoms with Crippen molar-refractivity contribution in [1.29, 1.82) is 0 Å². The van der Waals surface area contributed by atoms with Gasteiger partial charge in [-0.2, -0.15) is 0 Å². The van der Waals surface area contributed by atoms with Crippen molar-refractivity contribution in [3.05, 3.63) is 35.9 Å². The second kappa shape index (κ2) is 5.17. The molecule has 1 N–H and O–H groups in total. The van der Waals surface area contributed by atoms with Gasteiger partial charge in [0.1, 0.15) is 0 Å². The van der Waals surface area contributed by atoms with Crippen LogP contribution < -0.4 is 5.32 Å². The minimum atomic E-state index is 0.257. The van der Waals surface area contributed by atoms with Crippen LogP contribution in [0.25, 0.3) is 0 Å². The Labute approximate surface area is 102 Å². The lowest BCUT2D eigenvalue weighted by molar-refractivity contribution is -0.0835. The number of benzene rings is 1. The fraction of sp³-hybridized carbons (Fsp3) is 0.571. The molecule has 92 valence electrons. The molecule has 0 bridgehead atoms. The van der Waals surface area contributed by atoms with E-state index in [0.717, 1.165) is 19.6 Å². The van der Waals surface area contributed by atoms with Crippen LogP contribution in [0.15, 0.2) is 30.3 Å². The maximum atomic E-state index is 5.99. The number of ether oxygens (including phenoxy) is 2. The third-order valence-corrected chi connectivity index (χ3v) is 3.65. The third-order valence-electron chi connectivity index (χ3n) is 3.65. The van der Waals surface area contributed by atoms with E-state index >= 15 is 0 Å². The molecule has 2 fully saturated rings. The number of fused-ring (bicyclic) bond motifs is 1. The van der Waals surface area contributed by atoms with Crippen molar-refractivity contribution in [2.75, 3.05) is 13.2 Å². The average molecular weight is 233 g/mol. The van der Waals surface area contributed by atoms with E-state index in [-0.39, 0.29) is 12.2 Å². The molecular weight excluding hydrogens is 214 g/mol. The van der Waals surface area contributed by atoms with Crippen molar-refractivity contribution < 1.29 is 9.47 Å². The molecule has 3 heteroatoms. The minimum absolute atomic E-state index is 0.257. The van der Waals surface area contributed by atoms with Gasteiger partial charge in [0.15, 0.2) is 0 Å². The summed E-state index contributed by atoms with van der Waals surface area (Å²) in [6.07, 6.45) is 2.79. The predicted octanol–water partition coefficient (Wildman–Crippen LogP) is 1.72. The monoisotopic (exact) mass is 233 g/mol. The molecule has 3 rings (SSSR count). The van der Waals surface area contributed by atoms with Crippen LogP contribution in [0.2, 0.25) is 0 Å². The van der Waals surface area contributed by atoms with Gasteiger partial charge in [0.05, 0.1) is 25.4 Å². The van der Waals surface area contributed by atoms with E-state index in [1.54, 1.807) is 0 Å². The molecule has 3 atom stereocenters. The number of hydrogen-bond donors (Lipinski definition) is 1. The van der Waals surface area contributed by atoms with Gasteiger partial charge >= 0.3 is 0 Å². The van der Waals surface area contributed by atoms with Crippen LogP contribution in [-0.2, 0) is 16.1 Å². The first kappa shape index (κ1) is 11.2. The molecule has 17 heavy (non-hydrogen) atoms. The van der Waals surface area contributed by atoms with Crippen molar-refractivity contribution in [1.82, 2.24) is 5.32 Å². The Morgan fingerprint density at radius 2 is 2.12 bits per heavy atom. The molecule has 1 aliphatic heterocycles. The van der Waals surface area contributed by atoms with Crippen molar-refractivity contribution >= 4 is 0 Å². The van der Waals surface area contributed by atoms with Gasteiger partial charge in [0, 0.05) is 12.6 Å². The van der Waals surface area contributed by atoms with Crippen LogP contribution in [0, 0.1) is 0 Å². The molecule has 1 heterocycles. The summed E-state index contributed by atoms with van der Waals surface area (Å²) in [6.45, 7) is 2.48. The molecule has 0 spiro atoms. The Hall–Kier alpha value is -0.900. The average Bonchev–Trinajstić information content (AvgIpc) is 2.81. The lowest BCUT2D eigenvalue weighted by Gasteiger charge is -2.30. The lowest BCUT2D eigenvalue weighted by atomic mass is 10.1. The van der Waals surface area contributed by atoms with E-state index in [0.29, 0.717) is 12.6 Å². The Morgan fingerprint density at radius 3 is 3.00 bits per heavy atom. The van der Waals surface area contributed by atoms with E-state index in [1.807, 2.05) is 6.07 Å². The largest absolute Gasteiger partial charge is 0.373 e. The molecule has 1 aromatic carbocycles. The Morgan fingerprint density at radius 1 is 1.24 bits per heavy atom. The fourth-order valence-electron chi connectivity index (χ4n) is 2.77. The Balaban J connectivity index is 1.55. The van der Waals surface area contributed by atoms with Gasteiger partial charge in [0.2, 0.25) is 0 Å². The standard InChI is InChI=1S/C14H19NO2/c1-2-4-11(5-3-1)10-17-13-7-6-12-14(13)16-9-8-15-12/h1-5,12-15H,6-10H2/t12-,13+,14-/m0/s1. The van der Waals surface area contributed by atoms with Crippen molar-refractivity contribution in [2.45, 2.75) is 37.7 Å². The highest BCUT2D eigenvalue weighted by molar-refractivity contribution is 5.13. The summed E-state index contributed by atoms with van der Waals surface area (Å²) in [5, 5.41) is 3.50. The normalized spacial score (nSPS) is 32.4. The number of morpholine rings is 1. The van der Waals surface area contributed by atoms with Crippen molar-refractivity contribution in [2.24, 2.45) is 0 Å². The first-order chi connectivity index (χ1) is 8.43. The highest BCUT2D eigenvalue weighted by atomic mass is 16.5. The van der Waals surface area contributed by atoms with Crippen LogP contribution in [0.3, 0.4) is 0 Å². The van der Waals surface area contributed by atoms with E-state index < -0.39 is 0 Å². The van der Waals surface area contributed by atoms with Gasteiger partial charge in [-0.25, -0.2) is 0 Å². The highest BCUT2D eigenvalue weighted by Crippen LogP contribution is 2.28. The SMILES string of the molecule is c1ccc(CO[C@@H]2CC[C@@H]3NCCO[C@@H]32)cc1. The van der Waals surface area contributed by atoms with Crippen LogP contribution in [0.4, 0.5) is 0 Å². The predicted molar refractivity (Wildman–Crippen MR) is 65.8 cm³/mol. The quantitative estimate of drug-likeness (QED) is 0.862. The topological polar surface area (TPSA) is 30.5 Å². The molecule has 0 unspecified atom stereocenters. The van der Waals surface area contributed by atoms with Gasteiger partial charge in [-0.15, -0.1) is 0 Å². The Bertz CT molecular complexity index is 354. The van der Waals surface area contributed by atoms with Crippen LogP contribution in [-0.4, -0.2) is 31.4 Å². The first-order valence-electron chi connectivity index (χ1n) is 6.44. The molecule has 1 aromatic rings. The number of nitrogens with one attached hydrogen (secondary N) is 1. The summed E-state index contributed by atoms with van der Waals surface area (Å²) in [7, 11) is 0. The van der Waals surface area contributed by atoms with Crippen molar-refractivity contribution in [3.8, 4) is 0 Å². The smallest absolute Gasteiger partial charge is 0.0989 e. The zero-order valence-electron chi connectivity index (χ0n) is 9.97. The van der Waals surface area contributed by atoms with Gasteiger partial charge in [-0.1, -0.05) is 30.3 Å². The zero-order valence-corrected chi connectivity index (χ0v) is 9.97. The summed E-state index contributed by atoms with van der Waals surface area (Å²) >= 11 is 0. The molecule has 1 saturated carbocycles. The number of rotatable bonds is 3. The Kier molecular flexibility index (Phi) is 3.41. The fourth-order valence-corrected chi connectivity index (χ4v) is 2.77. The maximum Gasteiger partial charge on any atom is 0.0989 e. The van der Waals surface area contributed by atoms with E-state index in [2.05, 4.69) is 29.6 Å². The molecule has 0 amide bonds. The lowest BCUT2D eigenvalue weighted by Crippen LogP contribution is -2.48.